The second-order valence-corrected chi connectivity index (χ2v) is 4.02. The van der Waals surface area contributed by atoms with Crippen molar-refractivity contribution < 1.29 is 13.2 Å². The van der Waals surface area contributed by atoms with E-state index < -0.39 is 18.6 Å². The molecule has 1 unspecified atom stereocenters. The van der Waals surface area contributed by atoms with Gasteiger partial charge in [-0.2, -0.15) is 13.2 Å². The summed E-state index contributed by atoms with van der Waals surface area (Å²) in [6.07, 6.45) is -5.03. The zero-order chi connectivity index (χ0) is 11.5. The fourth-order valence-corrected chi connectivity index (χ4v) is 1.48. The molecule has 2 nitrogen and oxygen atoms in total. The minimum absolute atomic E-state index is 0.432. The number of hydrogen-bond acceptors (Lipinski definition) is 2. The molecule has 1 atom stereocenters. The van der Waals surface area contributed by atoms with Crippen LogP contribution in [0.25, 0.3) is 0 Å². The number of hydrogen-bond donors (Lipinski definition) is 1. The Morgan fingerprint density at radius 3 is 2.67 bits per heavy atom. The first kappa shape index (κ1) is 12.3. The summed E-state index contributed by atoms with van der Waals surface area (Å²) in [7, 11) is 0. The number of halogens is 4. The summed E-state index contributed by atoms with van der Waals surface area (Å²) in [5.74, 6) is 0.432. The smallest absolute Gasteiger partial charge is 0.367 e. The predicted octanol–water partition coefficient (Wildman–Crippen LogP) is 3.60. The summed E-state index contributed by atoms with van der Waals surface area (Å²) < 4.78 is 36.6. The zero-order valence-electron chi connectivity index (χ0n) is 7.98. The van der Waals surface area contributed by atoms with Crippen LogP contribution in [0.5, 0.6) is 0 Å². The Kier molecular flexibility index (Phi) is 3.96. The van der Waals surface area contributed by atoms with Gasteiger partial charge in [0, 0.05) is 6.04 Å². The van der Waals surface area contributed by atoms with Crippen molar-refractivity contribution in [1.82, 2.24) is 4.98 Å². The van der Waals surface area contributed by atoms with Crippen LogP contribution in [-0.4, -0.2) is 17.2 Å². The molecule has 0 saturated heterocycles. The zero-order valence-corrected chi connectivity index (χ0v) is 9.56. The van der Waals surface area contributed by atoms with E-state index in [4.69, 9.17) is 0 Å². The van der Waals surface area contributed by atoms with E-state index in [2.05, 4.69) is 26.2 Å². The van der Waals surface area contributed by atoms with Crippen molar-refractivity contribution in [3.63, 3.8) is 0 Å². The predicted molar refractivity (Wildman–Crippen MR) is 55.7 cm³/mol. The van der Waals surface area contributed by atoms with Crippen LogP contribution in [0.3, 0.4) is 0 Å². The fourth-order valence-electron chi connectivity index (χ4n) is 1.14. The Morgan fingerprint density at radius 1 is 1.47 bits per heavy atom. The van der Waals surface area contributed by atoms with Crippen molar-refractivity contribution in [2.24, 2.45) is 0 Å². The molecule has 1 aromatic rings. The first-order valence-electron chi connectivity index (χ1n) is 4.32. The molecule has 0 spiro atoms. The number of aromatic nitrogens is 1. The average Bonchev–Trinajstić information content (AvgIpc) is 1.99. The molecule has 0 aliphatic heterocycles. The third-order valence-corrected chi connectivity index (χ3v) is 2.09. The van der Waals surface area contributed by atoms with E-state index in [0.29, 0.717) is 10.4 Å². The molecule has 0 amide bonds. The summed E-state index contributed by atoms with van der Waals surface area (Å²) in [5, 5.41) is 2.68. The molecule has 0 fully saturated rings. The van der Waals surface area contributed by atoms with Crippen molar-refractivity contribution in [2.45, 2.75) is 25.6 Å². The van der Waals surface area contributed by atoms with Crippen LogP contribution in [0, 0.1) is 0 Å². The van der Waals surface area contributed by atoms with E-state index in [0.717, 1.165) is 0 Å². The number of rotatable bonds is 3. The molecule has 0 bridgehead atoms. The average molecular weight is 283 g/mol. The lowest BCUT2D eigenvalue weighted by Gasteiger charge is -2.16. The van der Waals surface area contributed by atoms with Gasteiger partial charge in [-0.25, -0.2) is 4.98 Å². The second kappa shape index (κ2) is 4.83. The highest BCUT2D eigenvalue weighted by molar-refractivity contribution is 9.10. The monoisotopic (exact) mass is 282 g/mol. The maximum Gasteiger partial charge on any atom is 0.391 e. The maximum absolute atomic E-state index is 12.0. The van der Waals surface area contributed by atoms with Gasteiger partial charge in [0.25, 0.3) is 0 Å². The summed E-state index contributed by atoms with van der Waals surface area (Å²) in [4.78, 5) is 3.98. The Labute approximate surface area is 94.0 Å². The van der Waals surface area contributed by atoms with Crippen LogP contribution in [0.15, 0.2) is 22.8 Å². The van der Waals surface area contributed by atoms with E-state index in [1.807, 2.05) is 0 Å². The molecule has 0 aromatic carbocycles. The van der Waals surface area contributed by atoms with Crippen molar-refractivity contribution in [1.29, 1.82) is 0 Å². The topological polar surface area (TPSA) is 24.9 Å². The third-order valence-electron chi connectivity index (χ3n) is 1.65. The van der Waals surface area contributed by atoms with Crippen molar-refractivity contribution in [3.8, 4) is 0 Å². The third kappa shape index (κ3) is 5.01. The summed E-state index contributed by atoms with van der Waals surface area (Å²) in [5.41, 5.74) is 0. The van der Waals surface area contributed by atoms with Gasteiger partial charge in [-0.05, 0) is 35.0 Å². The van der Waals surface area contributed by atoms with Gasteiger partial charge < -0.3 is 5.32 Å². The Morgan fingerprint density at radius 2 is 2.13 bits per heavy atom. The Bertz CT molecular complexity index is 327. The van der Waals surface area contributed by atoms with Gasteiger partial charge in [-0.1, -0.05) is 6.07 Å². The normalized spacial score (nSPS) is 13.7. The highest BCUT2D eigenvalue weighted by Crippen LogP contribution is 2.23. The van der Waals surface area contributed by atoms with Crippen molar-refractivity contribution in [3.05, 3.63) is 22.8 Å². The molecule has 1 heterocycles. The highest BCUT2D eigenvalue weighted by atomic mass is 79.9. The molecule has 0 aliphatic rings. The Hall–Kier alpha value is -0.780. The van der Waals surface area contributed by atoms with E-state index in [-0.39, 0.29) is 0 Å². The molecular formula is C9H10BrF3N2. The fraction of sp³-hybridized carbons (Fsp3) is 0.444. The first-order valence-corrected chi connectivity index (χ1v) is 5.12. The molecule has 0 aliphatic carbocycles. The van der Waals surface area contributed by atoms with Gasteiger partial charge in [-0.15, -0.1) is 0 Å². The van der Waals surface area contributed by atoms with Crippen molar-refractivity contribution >= 4 is 21.7 Å². The second-order valence-electron chi connectivity index (χ2n) is 3.21. The van der Waals surface area contributed by atoms with E-state index >= 15 is 0 Å². The lowest BCUT2D eigenvalue weighted by atomic mass is 10.2. The summed E-state index contributed by atoms with van der Waals surface area (Å²) in [6.45, 7) is 1.47. The number of nitrogens with zero attached hydrogens (tertiary/aromatic N) is 1. The lowest BCUT2D eigenvalue weighted by molar-refractivity contribution is -0.136. The van der Waals surface area contributed by atoms with E-state index in [1.165, 1.54) is 6.92 Å². The van der Waals surface area contributed by atoms with Crippen LogP contribution < -0.4 is 5.32 Å². The van der Waals surface area contributed by atoms with Crippen LogP contribution >= 0.6 is 15.9 Å². The van der Waals surface area contributed by atoms with Crippen LogP contribution in [0.2, 0.25) is 0 Å². The van der Waals surface area contributed by atoms with Crippen LogP contribution in [0.4, 0.5) is 19.0 Å². The van der Waals surface area contributed by atoms with Gasteiger partial charge in [0.1, 0.15) is 10.4 Å². The standard InChI is InChI=1S/C9H10BrF3N2/c1-6(5-9(11,12)13)14-8-4-2-3-7(10)15-8/h2-4,6H,5H2,1H3,(H,14,15). The highest BCUT2D eigenvalue weighted by Gasteiger charge is 2.29. The molecular weight excluding hydrogens is 273 g/mol. The number of pyridine rings is 1. The molecule has 84 valence electrons. The molecule has 1 rings (SSSR count). The summed E-state index contributed by atoms with van der Waals surface area (Å²) in [6, 6.07) is 4.35. The Balaban J connectivity index is 2.55. The van der Waals surface area contributed by atoms with Gasteiger partial charge in [-0.3, -0.25) is 0 Å². The molecule has 1 aromatic heterocycles. The van der Waals surface area contributed by atoms with Crippen molar-refractivity contribution in [2.75, 3.05) is 5.32 Å². The SMILES string of the molecule is CC(CC(F)(F)F)Nc1cccc(Br)n1. The van der Waals surface area contributed by atoms with Gasteiger partial charge in [0.15, 0.2) is 0 Å². The van der Waals surface area contributed by atoms with E-state index in [1.54, 1.807) is 18.2 Å². The summed E-state index contributed by atoms with van der Waals surface area (Å²) >= 11 is 3.14. The number of alkyl halides is 3. The lowest BCUT2D eigenvalue weighted by Crippen LogP contribution is -2.24. The van der Waals surface area contributed by atoms with Crippen LogP contribution in [0.1, 0.15) is 13.3 Å². The first-order chi connectivity index (χ1) is 6.87. The molecule has 1 N–H and O–H groups in total. The quantitative estimate of drug-likeness (QED) is 0.857. The molecule has 6 heteroatoms. The maximum atomic E-state index is 12.0. The minimum Gasteiger partial charge on any atom is -0.367 e. The van der Waals surface area contributed by atoms with Crippen LogP contribution in [-0.2, 0) is 0 Å². The van der Waals surface area contributed by atoms with E-state index in [9.17, 15) is 13.2 Å². The molecule has 0 saturated carbocycles. The number of anilines is 1. The van der Waals surface area contributed by atoms with Gasteiger partial charge in [0.05, 0.1) is 6.42 Å². The van der Waals surface area contributed by atoms with Gasteiger partial charge >= 0.3 is 6.18 Å². The molecule has 0 radical (unpaired) electrons. The minimum atomic E-state index is -4.15. The van der Waals surface area contributed by atoms with Gasteiger partial charge in [0.2, 0.25) is 0 Å². The molecule has 15 heavy (non-hydrogen) atoms. The number of nitrogens with one attached hydrogen (secondary N) is 1. The largest absolute Gasteiger partial charge is 0.391 e.